The maximum Gasteiger partial charge on any atom is 0.251 e. The van der Waals surface area contributed by atoms with Crippen LogP contribution < -0.4 is 49.4 Å². The van der Waals surface area contributed by atoms with Crippen molar-refractivity contribution < 1.29 is 42.8 Å². The van der Waals surface area contributed by atoms with Crippen LogP contribution in [0.15, 0.2) is 137 Å². The van der Waals surface area contributed by atoms with Gasteiger partial charge < -0.3 is 49.4 Å². The molecular weight excluding hydrogens is 948 g/mol. The third kappa shape index (κ3) is 8.88. The minimum Gasteiger partial charge on any atom is -1.00 e. The van der Waals surface area contributed by atoms with E-state index in [1.165, 1.54) is 66.6 Å². The molecule has 5 aromatic carbocycles. The molecule has 8 rings (SSSR count). The van der Waals surface area contributed by atoms with Gasteiger partial charge in [0.25, 0.3) is 5.91 Å². The van der Waals surface area contributed by atoms with E-state index in [1.54, 1.807) is 14.2 Å². The number of fused-ring (bicyclic) bond motifs is 6. The summed E-state index contributed by atoms with van der Waals surface area (Å²) in [4.78, 5) is 16.5. The van der Waals surface area contributed by atoms with Crippen molar-refractivity contribution in [1.29, 1.82) is 0 Å². The quantitative estimate of drug-likeness (QED) is 0.0959. The predicted molar refractivity (Wildman–Crippen MR) is 274 cm³/mol. The minimum atomic E-state index is -0.263. The molecule has 2 atom stereocenters. The first-order valence-corrected chi connectivity index (χ1v) is 24.2. The maximum atomic E-state index is 12.9. The molecule has 0 radical (unpaired) electrons. The molecule has 3 aliphatic rings. The molecule has 0 spiro atoms. The molecule has 2 aliphatic heterocycles. The van der Waals surface area contributed by atoms with Crippen molar-refractivity contribution in [2.45, 2.75) is 89.7 Å². The third-order valence-electron chi connectivity index (χ3n) is 14.1. The zero-order chi connectivity index (χ0) is 46.4. The monoisotopic (exact) mass is 1010 g/mol. The summed E-state index contributed by atoms with van der Waals surface area (Å²) in [5, 5.41) is 7.94. The van der Waals surface area contributed by atoms with Crippen LogP contribution in [0.5, 0.6) is 11.5 Å². The van der Waals surface area contributed by atoms with Gasteiger partial charge in [-0.1, -0.05) is 65.0 Å². The Morgan fingerprint density at radius 1 is 0.848 bits per heavy atom. The van der Waals surface area contributed by atoms with Crippen molar-refractivity contribution in [2.75, 3.05) is 45.3 Å². The van der Waals surface area contributed by atoms with Crippen molar-refractivity contribution in [3.05, 3.63) is 149 Å². The van der Waals surface area contributed by atoms with Gasteiger partial charge in [0, 0.05) is 69.8 Å². The highest BCUT2D eigenvalue weighted by atomic mass is 127. The van der Waals surface area contributed by atoms with E-state index < -0.39 is 0 Å². The first kappa shape index (κ1) is 49.1. The Bertz CT molecular complexity index is 2830. The molecule has 1 aliphatic carbocycles. The fourth-order valence-corrected chi connectivity index (χ4v) is 12.3. The number of thioether (sulfide) groups is 1. The topological polar surface area (TPSA) is 79.8 Å². The van der Waals surface area contributed by atoms with Gasteiger partial charge in [0.15, 0.2) is 5.71 Å². The minimum absolute atomic E-state index is 0. The van der Waals surface area contributed by atoms with Crippen LogP contribution >= 0.6 is 11.8 Å². The average molecular weight is 1020 g/mol. The number of carbonyl (C=O) groups is 1. The summed E-state index contributed by atoms with van der Waals surface area (Å²) in [6.45, 7) is 23.7. The SMILES string of the molecule is CCN1/C(=C/C=C2\C(/C=C/C3=[N+](CC)c4ccc5cc(OC)ccc5c4C3(C)C)=CCC(C(C)(C)C)C2Sc2ccc(C(=O)NCCN)cc2)C(C)(C)c2c1ccc1cc(OC)ccc21.[I-]. The van der Waals surface area contributed by atoms with Crippen LogP contribution in [0.2, 0.25) is 0 Å². The fraction of sp³-hybridized carbons (Fsp3) is 0.368. The number of carbonyl (C=O) groups excluding carboxylic acids is 1. The molecule has 9 heteroatoms. The number of nitrogens with one attached hydrogen (secondary N) is 1. The lowest BCUT2D eigenvalue weighted by Gasteiger charge is -2.41. The molecule has 0 saturated heterocycles. The van der Waals surface area contributed by atoms with Gasteiger partial charge in [0.2, 0.25) is 5.69 Å². The summed E-state index contributed by atoms with van der Waals surface area (Å²) in [5.41, 5.74) is 16.2. The number of benzene rings is 5. The summed E-state index contributed by atoms with van der Waals surface area (Å²) in [6.07, 6.45) is 13.1. The number of rotatable bonds is 12. The van der Waals surface area contributed by atoms with Crippen LogP contribution in [0.1, 0.15) is 90.2 Å². The number of anilines is 1. The van der Waals surface area contributed by atoms with Gasteiger partial charge in [0.1, 0.15) is 18.0 Å². The standard InChI is InChI=1S/C57H66N4O3S.HI/c1-12-60-47-28-17-38-34-40(63-10)20-24-43(38)51(47)56(6,7)49(60)30-19-36-16-27-46(55(3,4)5)53(65-42-22-14-37(15-23-42)54(62)59-33-32-58)45(36)26-31-50-57(8,9)52-44-25-21-41(64-11)35-39(44)18-29-48(52)61(50)13-2;/h14-26,28-31,34-35,46,53H,12-13,27,32-33,58H2,1-11H3;1H/b30-19+,45-26+,50-31+;. The second-order valence-electron chi connectivity index (χ2n) is 19.7. The lowest BCUT2D eigenvalue weighted by molar-refractivity contribution is -0.433. The zero-order valence-electron chi connectivity index (χ0n) is 40.6. The Morgan fingerprint density at radius 3 is 2.08 bits per heavy atom. The van der Waals surface area contributed by atoms with Gasteiger partial charge in [-0.15, -0.1) is 11.8 Å². The van der Waals surface area contributed by atoms with E-state index >= 15 is 0 Å². The number of allylic oxidation sites excluding steroid dienone is 7. The van der Waals surface area contributed by atoms with Gasteiger partial charge in [-0.05, 0) is 157 Å². The number of ether oxygens (including phenoxy) is 2. The van der Waals surface area contributed by atoms with Crippen LogP contribution in [0.4, 0.5) is 11.4 Å². The van der Waals surface area contributed by atoms with E-state index in [0.29, 0.717) is 24.6 Å². The van der Waals surface area contributed by atoms with E-state index in [0.717, 1.165) is 35.9 Å². The van der Waals surface area contributed by atoms with E-state index in [1.807, 2.05) is 23.9 Å². The van der Waals surface area contributed by atoms with E-state index in [9.17, 15) is 4.79 Å². The van der Waals surface area contributed by atoms with Gasteiger partial charge in [-0.3, -0.25) is 4.79 Å². The molecule has 66 heavy (non-hydrogen) atoms. The highest BCUT2D eigenvalue weighted by Gasteiger charge is 2.46. The molecule has 1 amide bonds. The summed E-state index contributed by atoms with van der Waals surface area (Å²) in [5.74, 6) is 1.98. The lowest BCUT2D eigenvalue weighted by Crippen LogP contribution is -3.00. The predicted octanol–water partition coefficient (Wildman–Crippen LogP) is 9.44. The lowest BCUT2D eigenvalue weighted by atomic mass is 9.70. The van der Waals surface area contributed by atoms with Gasteiger partial charge >= 0.3 is 0 Å². The van der Waals surface area contributed by atoms with Crippen molar-refractivity contribution in [1.82, 2.24) is 5.32 Å². The highest BCUT2D eigenvalue weighted by Crippen LogP contribution is 2.53. The molecule has 2 heterocycles. The Morgan fingerprint density at radius 2 is 1.48 bits per heavy atom. The summed E-state index contributed by atoms with van der Waals surface area (Å²) < 4.78 is 13.8. The third-order valence-corrected chi connectivity index (χ3v) is 15.5. The molecule has 0 saturated carbocycles. The van der Waals surface area contributed by atoms with Crippen LogP contribution in [-0.2, 0) is 10.8 Å². The van der Waals surface area contributed by atoms with Crippen LogP contribution in [0, 0.1) is 11.3 Å². The average Bonchev–Trinajstić information content (AvgIpc) is 3.66. The Balaban J connectivity index is 0.00000648. The van der Waals surface area contributed by atoms with Crippen molar-refractivity contribution in [3.8, 4) is 11.5 Å². The molecule has 2 unspecified atom stereocenters. The van der Waals surface area contributed by atoms with Gasteiger partial charge in [-0.2, -0.15) is 4.58 Å². The number of hydrogen-bond donors (Lipinski definition) is 2. The number of amides is 1. The first-order valence-electron chi connectivity index (χ1n) is 23.3. The molecule has 0 fully saturated rings. The Labute approximate surface area is 414 Å². The molecule has 3 N–H and O–H groups in total. The van der Waals surface area contributed by atoms with Crippen LogP contribution in [-0.4, -0.2) is 61.8 Å². The second-order valence-corrected chi connectivity index (χ2v) is 20.9. The smallest absolute Gasteiger partial charge is 0.251 e. The van der Waals surface area contributed by atoms with Crippen LogP contribution in [0.25, 0.3) is 21.5 Å². The van der Waals surface area contributed by atoms with E-state index in [4.69, 9.17) is 15.2 Å². The summed E-state index contributed by atoms with van der Waals surface area (Å²) in [7, 11) is 3.46. The van der Waals surface area contributed by atoms with Crippen LogP contribution in [0.3, 0.4) is 0 Å². The van der Waals surface area contributed by atoms with Crippen molar-refractivity contribution >= 4 is 56.3 Å². The molecule has 7 nitrogen and oxygen atoms in total. The number of halogens is 1. The fourth-order valence-electron chi connectivity index (χ4n) is 10.7. The Kier molecular flexibility index (Phi) is 14.4. The number of nitrogens with two attached hydrogens (primary N) is 1. The molecule has 0 aromatic heterocycles. The summed E-state index contributed by atoms with van der Waals surface area (Å²) in [6, 6.07) is 30.0. The Hall–Kier alpha value is -4.84. The van der Waals surface area contributed by atoms with Crippen molar-refractivity contribution in [3.63, 3.8) is 0 Å². The first-order chi connectivity index (χ1) is 31.1. The number of methoxy groups -OCH3 is 2. The van der Waals surface area contributed by atoms with Gasteiger partial charge in [-0.25, -0.2) is 0 Å². The number of nitrogens with zero attached hydrogens (tertiary/aromatic N) is 2. The summed E-state index contributed by atoms with van der Waals surface area (Å²) >= 11 is 1.91. The molecule has 0 bridgehead atoms. The largest absolute Gasteiger partial charge is 1.00 e. The molecule has 346 valence electrons. The normalized spacial score (nSPS) is 19.9. The van der Waals surface area contributed by atoms with E-state index in [2.05, 4.69) is 180 Å². The number of likely N-dealkylation sites (N-methyl/N-ethyl adjacent to an activating group) is 1. The molecule has 5 aromatic rings. The maximum absolute atomic E-state index is 12.9. The number of hydrogen-bond acceptors (Lipinski definition) is 6. The second kappa shape index (κ2) is 19.4. The van der Waals surface area contributed by atoms with Crippen molar-refractivity contribution in [2.24, 2.45) is 17.1 Å². The highest BCUT2D eigenvalue weighted by molar-refractivity contribution is 8.00. The molecular formula is C57H67IN4O3S. The zero-order valence-corrected chi connectivity index (χ0v) is 43.6. The van der Waals surface area contributed by atoms with E-state index in [-0.39, 0.29) is 51.4 Å². The van der Waals surface area contributed by atoms with Gasteiger partial charge in [0.05, 0.1) is 19.6 Å².